The molecule has 0 bridgehead atoms. The Labute approximate surface area is 71.5 Å². The van der Waals surface area contributed by atoms with Crippen LogP contribution in [0, 0.1) is 0 Å². The lowest BCUT2D eigenvalue weighted by molar-refractivity contribution is 0.199. The second-order valence-electron chi connectivity index (χ2n) is 2.40. The molecule has 0 saturated carbocycles. The molecular formula is C7H13ClOS. The summed E-state index contributed by atoms with van der Waals surface area (Å²) in [6.45, 7) is 1.91. The largest absolute Gasteiger partial charge is 0.380 e. The molecule has 1 rings (SSSR count). The van der Waals surface area contributed by atoms with E-state index in [0.717, 1.165) is 30.8 Å². The topological polar surface area (TPSA) is 9.23 Å². The summed E-state index contributed by atoms with van der Waals surface area (Å²) < 4.78 is 5.23. The number of alkyl halides is 1. The van der Waals surface area contributed by atoms with E-state index in [1.54, 1.807) is 0 Å². The lowest BCUT2D eigenvalue weighted by Crippen LogP contribution is -2.01. The summed E-state index contributed by atoms with van der Waals surface area (Å²) in [6, 6.07) is 0. The molecule has 0 amide bonds. The van der Waals surface area contributed by atoms with Gasteiger partial charge >= 0.3 is 0 Å². The van der Waals surface area contributed by atoms with E-state index in [1.165, 1.54) is 12.2 Å². The molecule has 1 aliphatic rings. The number of rotatable bonds is 4. The van der Waals surface area contributed by atoms with E-state index in [4.69, 9.17) is 16.3 Å². The first-order chi connectivity index (χ1) is 4.93. The molecule has 1 nitrogen and oxygen atoms in total. The van der Waals surface area contributed by atoms with E-state index in [0.29, 0.717) is 0 Å². The number of halogens is 1. The molecule has 1 fully saturated rings. The Balaban J connectivity index is 1.91. The van der Waals surface area contributed by atoms with Gasteiger partial charge in [0, 0.05) is 17.7 Å². The van der Waals surface area contributed by atoms with Crippen LogP contribution in [0.4, 0.5) is 0 Å². The second-order valence-corrected chi connectivity index (χ2v) is 4.19. The van der Waals surface area contributed by atoms with Gasteiger partial charge in [0.2, 0.25) is 0 Å². The summed E-state index contributed by atoms with van der Waals surface area (Å²) in [6.07, 6.45) is 2.36. The van der Waals surface area contributed by atoms with Crippen LogP contribution >= 0.6 is 23.4 Å². The van der Waals surface area contributed by atoms with Crippen LogP contribution in [0.25, 0.3) is 0 Å². The molecule has 1 heterocycles. The SMILES string of the molecule is ClCCCSC1CCOC1. The first kappa shape index (κ1) is 8.69. The fourth-order valence-electron chi connectivity index (χ4n) is 0.949. The van der Waals surface area contributed by atoms with E-state index < -0.39 is 0 Å². The van der Waals surface area contributed by atoms with Gasteiger partial charge in [0.15, 0.2) is 0 Å². The zero-order chi connectivity index (χ0) is 7.23. The molecule has 0 N–H and O–H groups in total. The van der Waals surface area contributed by atoms with Crippen molar-refractivity contribution in [3.63, 3.8) is 0 Å². The molecule has 60 valence electrons. The maximum absolute atomic E-state index is 5.54. The van der Waals surface area contributed by atoms with E-state index in [2.05, 4.69) is 0 Å². The van der Waals surface area contributed by atoms with Crippen molar-refractivity contribution in [1.29, 1.82) is 0 Å². The van der Waals surface area contributed by atoms with Crippen LogP contribution in [-0.2, 0) is 4.74 Å². The average molecular weight is 181 g/mol. The van der Waals surface area contributed by atoms with Gasteiger partial charge in [-0.1, -0.05) is 0 Å². The van der Waals surface area contributed by atoms with Crippen LogP contribution in [0.1, 0.15) is 12.8 Å². The quantitative estimate of drug-likeness (QED) is 0.485. The van der Waals surface area contributed by atoms with Crippen molar-refractivity contribution in [3.05, 3.63) is 0 Å². The lowest BCUT2D eigenvalue weighted by Gasteiger charge is -2.04. The van der Waals surface area contributed by atoms with Crippen molar-refractivity contribution in [2.24, 2.45) is 0 Å². The van der Waals surface area contributed by atoms with Gasteiger partial charge in [-0.2, -0.15) is 11.8 Å². The third kappa shape index (κ3) is 3.13. The fraction of sp³-hybridized carbons (Fsp3) is 1.00. The highest BCUT2D eigenvalue weighted by Crippen LogP contribution is 2.20. The van der Waals surface area contributed by atoms with Gasteiger partial charge in [0.1, 0.15) is 0 Å². The molecule has 1 atom stereocenters. The van der Waals surface area contributed by atoms with Crippen LogP contribution in [0.3, 0.4) is 0 Å². The Morgan fingerprint density at radius 3 is 3.10 bits per heavy atom. The highest BCUT2D eigenvalue weighted by atomic mass is 35.5. The molecular weight excluding hydrogens is 168 g/mol. The van der Waals surface area contributed by atoms with Gasteiger partial charge in [-0.05, 0) is 18.6 Å². The van der Waals surface area contributed by atoms with Gasteiger partial charge in [-0.3, -0.25) is 0 Å². The molecule has 1 aliphatic heterocycles. The van der Waals surface area contributed by atoms with Crippen molar-refractivity contribution in [2.45, 2.75) is 18.1 Å². The van der Waals surface area contributed by atoms with Gasteiger partial charge in [-0.15, -0.1) is 11.6 Å². The summed E-state index contributed by atoms with van der Waals surface area (Å²) in [4.78, 5) is 0. The predicted molar refractivity (Wildman–Crippen MR) is 47.0 cm³/mol. The third-order valence-corrected chi connectivity index (χ3v) is 3.15. The minimum atomic E-state index is 0.753. The van der Waals surface area contributed by atoms with Gasteiger partial charge in [-0.25, -0.2) is 0 Å². The Kier molecular flexibility index (Phi) is 4.59. The summed E-state index contributed by atoms with van der Waals surface area (Å²) in [5, 5.41) is 0.753. The summed E-state index contributed by atoms with van der Waals surface area (Å²) in [5.41, 5.74) is 0. The summed E-state index contributed by atoms with van der Waals surface area (Å²) in [7, 11) is 0. The van der Waals surface area contributed by atoms with E-state index >= 15 is 0 Å². The van der Waals surface area contributed by atoms with Crippen LogP contribution in [0.15, 0.2) is 0 Å². The van der Waals surface area contributed by atoms with Crippen LogP contribution in [0.2, 0.25) is 0 Å². The molecule has 0 radical (unpaired) electrons. The first-order valence-electron chi connectivity index (χ1n) is 3.69. The highest BCUT2D eigenvalue weighted by molar-refractivity contribution is 7.99. The number of thioether (sulfide) groups is 1. The molecule has 0 aromatic heterocycles. The number of hydrogen-bond donors (Lipinski definition) is 0. The summed E-state index contributed by atoms with van der Waals surface area (Å²) in [5.74, 6) is 1.98. The Morgan fingerprint density at radius 1 is 1.60 bits per heavy atom. The molecule has 1 saturated heterocycles. The highest BCUT2D eigenvalue weighted by Gasteiger charge is 2.14. The van der Waals surface area contributed by atoms with E-state index in [1.807, 2.05) is 11.8 Å². The molecule has 3 heteroatoms. The van der Waals surface area contributed by atoms with Crippen molar-refractivity contribution >= 4 is 23.4 Å². The normalized spacial score (nSPS) is 25.5. The molecule has 0 aromatic carbocycles. The van der Waals surface area contributed by atoms with E-state index in [9.17, 15) is 0 Å². The zero-order valence-electron chi connectivity index (χ0n) is 6.01. The number of hydrogen-bond acceptors (Lipinski definition) is 2. The average Bonchev–Trinajstić information content (AvgIpc) is 2.41. The molecule has 0 spiro atoms. The Bertz CT molecular complexity index is 83.7. The molecule has 10 heavy (non-hydrogen) atoms. The van der Waals surface area contributed by atoms with Crippen LogP contribution < -0.4 is 0 Å². The molecule has 1 unspecified atom stereocenters. The van der Waals surface area contributed by atoms with Crippen molar-refractivity contribution in [2.75, 3.05) is 24.8 Å². The monoisotopic (exact) mass is 180 g/mol. The lowest BCUT2D eigenvalue weighted by atomic mass is 10.4. The van der Waals surface area contributed by atoms with Crippen LogP contribution in [-0.4, -0.2) is 30.1 Å². The second kappa shape index (κ2) is 5.28. The van der Waals surface area contributed by atoms with Crippen molar-refractivity contribution < 1.29 is 4.74 Å². The Hall–Kier alpha value is 0.600. The smallest absolute Gasteiger partial charge is 0.0585 e. The van der Waals surface area contributed by atoms with Crippen molar-refractivity contribution in [3.8, 4) is 0 Å². The number of ether oxygens (including phenoxy) is 1. The van der Waals surface area contributed by atoms with Gasteiger partial charge < -0.3 is 4.74 Å². The van der Waals surface area contributed by atoms with Crippen molar-refractivity contribution in [1.82, 2.24) is 0 Å². The Morgan fingerprint density at radius 2 is 2.50 bits per heavy atom. The minimum absolute atomic E-state index is 0.753. The maximum atomic E-state index is 5.54. The van der Waals surface area contributed by atoms with E-state index in [-0.39, 0.29) is 0 Å². The minimum Gasteiger partial charge on any atom is -0.380 e. The van der Waals surface area contributed by atoms with Gasteiger partial charge in [0.05, 0.1) is 6.61 Å². The van der Waals surface area contributed by atoms with Crippen LogP contribution in [0.5, 0.6) is 0 Å². The van der Waals surface area contributed by atoms with Gasteiger partial charge in [0.25, 0.3) is 0 Å². The predicted octanol–water partition coefficient (Wildman–Crippen LogP) is 2.14. The molecule has 0 aliphatic carbocycles. The molecule has 0 aromatic rings. The third-order valence-electron chi connectivity index (χ3n) is 1.52. The maximum Gasteiger partial charge on any atom is 0.0585 e. The standard InChI is InChI=1S/C7H13ClOS/c8-3-1-5-10-7-2-4-9-6-7/h7H,1-6H2. The fourth-order valence-corrected chi connectivity index (χ4v) is 2.34. The zero-order valence-corrected chi connectivity index (χ0v) is 7.59. The summed E-state index contributed by atoms with van der Waals surface area (Å²) >= 11 is 7.54. The first-order valence-corrected chi connectivity index (χ1v) is 5.27.